The van der Waals surface area contributed by atoms with E-state index < -0.39 is 0 Å². The molecule has 3 rings (SSSR count). The largest absolute Gasteiger partial charge is 0.384 e. The molecular weight excluding hydrogens is 292 g/mol. The second kappa shape index (κ2) is 6.55. The van der Waals surface area contributed by atoms with Crippen LogP contribution in [0.5, 0.6) is 0 Å². The molecule has 2 aliphatic heterocycles. The van der Waals surface area contributed by atoms with E-state index in [9.17, 15) is 4.79 Å². The van der Waals surface area contributed by atoms with Gasteiger partial charge in [-0.15, -0.1) is 0 Å². The topological polar surface area (TPSA) is 69.5 Å². The molecule has 1 amide bonds. The molecule has 1 aromatic heterocycles. The number of methoxy groups -OCH3 is 1. The van der Waals surface area contributed by atoms with Crippen molar-refractivity contribution in [3.05, 3.63) is 23.9 Å². The van der Waals surface area contributed by atoms with Crippen molar-refractivity contribution in [2.45, 2.75) is 19.3 Å². The first-order valence-electron chi connectivity index (χ1n) is 8.04. The van der Waals surface area contributed by atoms with Crippen molar-refractivity contribution in [3.8, 4) is 6.07 Å². The maximum absolute atomic E-state index is 12.0. The molecule has 1 spiro atoms. The van der Waals surface area contributed by atoms with Crippen LogP contribution in [0.1, 0.15) is 24.8 Å². The number of piperidine rings is 1. The Morgan fingerprint density at radius 1 is 1.39 bits per heavy atom. The number of aromatic nitrogens is 1. The number of nitriles is 1. The van der Waals surface area contributed by atoms with Crippen molar-refractivity contribution in [1.82, 2.24) is 9.88 Å². The predicted octanol–water partition coefficient (Wildman–Crippen LogP) is 1.42. The lowest BCUT2D eigenvalue weighted by Gasteiger charge is -2.54. The van der Waals surface area contributed by atoms with Gasteiger partial charge in [-0.2, -0.15) is 5.26 Å². The van der Waals surface area contributed by atoms with Gasteiger partial charge < -0.3 is 14.5 Å². The van der Waals surface area contributed by atoms with E-state index in [0.717, 1.165) is 44.8 Å². The summed E-state index contributed by atoms with van der Waals surface area (Å²) in [5.41, 5.74) is 0.887. The van der Waals surface area contributed by atoms with Gasteiger partial charge in [0.2, 0.25) is 5.91 Å². The van der Waals surface area contributed by atoms with Crippen molar-refractivity contribution < 1.29 is 9.53 Å². The zero-order valence-electron chi connectivity index (χ0n) is 13.5. The summed E-state index contributed by atoms with van der Waals surface area (Å²) < 4.78 is 4.97. The van der Waals surface area contributed by atoms with E-state index in [0.29, 0.717) is 24.0 Å². The molecule has 0 aliphatic carbocycles. The Bertz CT molecular complexity index is 592. The minimum absolute atomic E-state index is 0.202. The predicted molar refractivity (Wildman–Crippen MR) is 85.9 cm³/mol. The summed E-state index contributed by atoms with van der Waals surface area (Å²) in [6, 6.07) is 5.82. The standard InChI is InChI=1S/C17H22N4O2/c1-23-9-4-16(22)21-12-17(13-21)5-7-20(8-6-17)15-3-2-14(10-18)11-19-15/h2-3,11H,4-9,12-13H2,1H3. The molecule has 1 aromatic rings. The van der Waals surface area contributed by atoms with Crippen LogP contribution in [-0.4, -0.2) is 55.7 Å². The van der Waals surface area contributed by atoms with Crippen LogP contribution in [0.25, 0.3) is 0 Å². The lowest BCUT2D eigenvalue weighted by Crippen LogP contribution is -2.62. The van der Waals surface area contributed by atoms with Crippen molar-refractivity contribution in [2.75, 3.05) is 44.8 Å². The minimum Gasteiger partial charge on any atom is -0.384 e. The summed E-state index contributed by atoms with van der Waals surface area (Å²) in [6.07, 6.45) is 4.28. The number of carbonyl (C=O) groups excluding carboxylic acids is 1. The van der Waals surface area contributed by atoms with Gasteiger partial charge in [0.1, 0.15) is 11.9 Å². The lowest BCUT2D eigenvalue weighted by atomic mass is 9.72. The number of carbonyl (C=O) groups is 1. The molecule has 6 nitrogen and oxygen atoms in total. The number of amides is 1. The molecule has 0 aromatic carbocycles. The summed E-state index contributed by atoms with van der Waals surface area (Å²) in [4.78, 5) is 20.5. The van der Waals surface area contributed by atoms with Gasteiger partial charge in [-0.1, -0.05) is 0 Å². The van der Waals surface area contributed by atoms with Gasteiger partial charge >= 0.3 is 0 Å². The average Bonchev–Trinajstić information content (AvgIpc) is 2.58. The molecule has 2 aliphatic rings. The molecule has 0 radical (unpaired) electrons. The fourth-order valence-electron chi connectivity index (χ4n) is 3.45. The van der Waals surface area contributed by atoms with Crippen molar-refractivity contribution in [1.29, 1.82) is 5.26 Å². The number of likely N-dealkylation sites (tertiary alicyclic amines) is 1. The fraction of sp³-hybridized carbons (Fsp3) is 0.588. The minimum atomic E-state index is 0.202. The van der Waals surface area contributed by atoms with Gasteiger partial charge in [0, 0.05) is 44.9 Å². The van der Waals surface area contributed by atoms with E-state index in [1.54, 1.807) is 13.3 Å². The maximum atomic E-state index is 12.0. The van der Waals surface area contributed by atoms with E-state index in [1.807, 2.05) is 17.0 Å². The molecule has 0 bridgehead atoms. The molecule has 0 saturated carbocycles. The van der Waals surface area contributed by atoms with E-state index in [1.165, 1.54) is 0 Å². The van der Waals surface area contributed by atoms with Gasteiger partial charge in [-0.3, -0.25) is 4.79 Å². The first kappa shape index (κ1) is 15.8. The number of hydrogen-bond donors (Lipinski definition) is 0. The molecule has 122 valence electrons. The molecule has 2 fully saturated rings. The van der Waals surface area contributed by atoms with Gasteiger partial charge in [0.15, 0.2) is 0 Å². The van der Waals surface area contributed by atoms with Crippen molar-refractivity contribution in [3.63, 3.8) is 0 Å². The summed E-state index contributed by atoms with van der Waals surface area (Å²) in [5.74, 6) is 1.14. The number of pyridine rings is 1. The van der Waals surface area contributed by atoms with Gasteiger partial charge in [-0.05, 0) is 25.0 Å². The second-order valence-electron chi connectivity index (χ2n) is 6.50. The van der Waals surface area contributed by atoms with Crippen LogP contribution in [0.15, 0.2) is 18.3 Å². The van der Waals surface area contributed by atoms with Crippen LogP contribution >= 0.6 is 0 Å². The van der Waals surface area contributed by atoms with Gasteiger partial charge in [-0.25, -0.2) is 4.98 Å². The third-order valence-electron chi connectivity index (χ3n) is 4.95. The van der Waals surface area contributed by atoms with Crippen LogP contribution in [-0.2, 0) is 9.53 Å². The highest BCUT2D eigenvalue weighted by Crippen LogP contribution is 2.41. The molecule has 6 heteroatoms. The van der Waals surface area contributed by atoms with E-state index in [4.69, 9.17) is 10.00 Å². The fourth-order valence-corrected chi connectivity index (χ4v) is 3.45. The Hall–Kier alpha value is -2.13. The number of anilines is 1. The third kappa shape index (κ3) is 3.30. The number of ether oxygens (including phenoxy) is 1. The molecule has 0 atom stereocenters. The molecule has 23 heavy (non-hydrogen) atoms. The average molecular weight is 314 g/mol. The highest BCUT2D eigenvalue weighted by Gasteiger charge is 2.46. The van der Waals surface area contributed by atoms with Crippen LogP contribution in [0.3, 0.4) is 0 Å². The summed E-state index contributed by atoms with van der Waals surface area (Å²) in [5, 5.41) is 8.83. The summed E-state index contributed by atoms with van der Waals surface area (Å²) in [7, 11) is 1.62. The Labute approximate surface area is 136 Å². The normalized spacial score (nSPS) is 19.3. The first-order valence-corrected chi connectivity index (χ1v) is 8.04. The van der Waals surface area contributed by atoms with Crippen molar-refractivity contribution >= 4 is 11.7 Å². The lowest BCUT2D eigenvalue weighted by molar-refractivity contribution is -0.145. The zero-order chi connectivity index (χ0) is 16.3. The van der Waals surface area contributed by atoms with Crippen LogP contribution in [0.4, 0.5) is 5.82 Å². The highest BCUT2D eigenvalue weighted by atomic mass is 16.5. The monoisotopic (exact) mass is 314 g/mol. The van der Waals surface area contributed by atoms with Crippen molar-refractivity contribution in [2.24, 2.45) is 5.41 Å². The molecule has 0 N–H and O–H groups in total. The van der Waals surface area contributed by atoms with E-state index in [2.05, 4.69) is 16.0 Å². The second-order valence-corrected chi connectivity index (χ2v) is 6.50. The van der Waals surface area contributed by atoms with Gasteiger partial charge in [0.05, 0.1) is 18.6 Å². The van der Waals surface area contributed by atoms with Gasteiger partial charge in [0.25, 0.3) is 0 Å². The van der Waals surface area contributed by atoms with Crippen LogP contribution < -0.4 is 4.90 Å². The Morgan fingerprint density at radius 3 is 2.70 bits per heavy atom. The molecule has 2 saturated heterocycles. The first-order chi connectivity index (χ1) is 11.2. The Balaban J connectivity index is 1.49. The number of nitrogens with zero attached hydrogens (tertiary/aromatic N) is 4. The third-order valence-corrected chi connectivity index (χ3v) is 4.95. The number of rotatable bonds is 4. The maximum Gasteiger partial charge on any atom is 0.224 e. The quantitative estimate of drug-likeness (QED) is 0.840. The Morgan fingerprint density at radius 2 is 2.13 bits per heavy atom. The number of hydrogen-bond acceptors (Lipinski definition) is 5. The summed E-state index contributed by atoms with van der Waals surface area (Å²) >= 11 is 0. The summed E-state index contributed by atoms with van der Waals surface area (Å²) in [6.45, 7) is 4.17. The molecule has 3 heterocycles. The van der Waals surface area contributed by atoms with E-state index >= 15 is 0 Å². The SMILES string of the molecule is COCCC(=O)N1CC2(CCN(c3ccc(C#N)cn3)CC2)C1. The van der Waals surface area contributed by atoms with Crippen LogP contribution in [0.2, 0.25) is 0 Å². The smallest absolute Gasteiger partial charge is 0.224 e. The molecule has 0 unspecified atom stereocenters. The van der Waals surface area contributed by atoms with E-state index in [-0.39, 0.29) is 5.91 Å². The van der Waals surface area contributed by atoms with Crippen LogP contribution in [0, 0.1) is 16.7 Å². The Kier molecular flexibility index (Phi) is 4.49. The highest BCUT2D eigenvalue weighted by molar-refractivity contribution is 5.77. The zero-order valence-corrected chi connectivity index (χ0v) is 13.5. The molecular formula is C17H22N4O2.